The van der Waals surface area contributed by atoms with Gasteiger partial charge in [0, 0.05) is 46.9 Å². The van der Waals surface area contributed by atoms with Crippen molar-refractivity contribution >= 4 is 42.0 Å². The Hall–Kier alpha value is -4.83. The number of carbonyl (C=O) groups is 6. The zero-order valence-electron chi connectivity index (χ0n) is 21.7. The van der Waals surface area contributed by atoms with E-state index < -0.39 is 84.6 Å². The first kappa shape index (κ1) is 32.2. The molecule has 0 aliphatic heterocycles. The van der Waals surface area contributed by atoms with E-state index in [1.807, 2.05) is 4.98 Å². The number of esters is 5. The Kier molecular flexibility index (Phi) is 12.7. The number of H-pyrrole nitrogens is 1. The summed E-state index contributed by atoms with van der Waals surface area (Å²) in [5.41, 5.74) is 0.524. The Labute approximate surface area is 220 Å². The Morgan fingerprint density at radius 2 is 1.44 bits per heavy atom. The lowest BCUT2D eigenvalue weighted by Gasteiger charge is -2.34. The SMILES string of the molecule is CC(=O)OC[C@@H](OC(C)=O)[C@@H](OC(C)=O)[C@H](OC(C)=O)[C@H](/C=N/NC(=O)Cn1ccc(=O)[nH]c1=O)OC(C)=O. The van der Waals surface area contributed by atoms with Crippen LogP contribution in [-0.2, 0) is 59.0 Å². The number of aromatic amines is 1. The number of hydrogen-bond acceptors (Lipinski definition) is 14. The molecule has 214 valence electrons. The quantitative estimate of drug-likeness (QED) is 0.115. The van der Waals surface area contributed by atoms with E-state index in [-0.39, 0.29) is 0 Å². The molecule has 0 unspecified atom stereocenters. The van der Waals surface area contributed by atoms with Crippen molar-refractivity contribution in [1.29, 1.82) is 0 Å². The Balaban J connectivity index is 3.35. The van der Waals surface area contributed by atoms with E-state index in [2.05, 4.69) is 10.5 Å². The summed E-state index contributed by atoms with van der Waals surface area (Å²) in [4.78, 5) is 95.7. The van der Waals surface area contributed by atoms with Crippen LogP contribution in [0.4, 0.5) is 0 Å². The standard InChI is InChI=1S/C22H28N4O13/c1-11(27)35-10-17(37-13(3)29)21(39-15(5)31)20(38-14(4)30)16(36-12(2)28)8-23-25-19(33)9-26-7-6-18(32)24-22(26)34/h6-8,16-17,20-21H,9-10H2,1-5H3,(H,25,33)(H,24,32,34)/b23-8+/t16-,17+,20+,21+/m0/s1. The van der Waals surface area contributed by atoms with Gasteiger partial charge < -0.3 is 23.7 Å². The molecule has 0 saturated heterocycles. The largest absolute Gasteiger partial charge is 0.462 e. The summed E-state index contributed by atoms with van der Waals surface area (Å²) in [6, 6.07) is 1.02. The molecule has 17 nitrogen and oxygen atoms in total. The topological polar surface area (TPSA) is 228 Å². The molecular weight excluding hydrogens is 528 g/mol. The van der Waals surface area contributed by atoms with Gasteiger partial charge in [0.1, 0.15) is 13.2 Å². The molecule has 0 bridgehead atoms. The van der Waals surface area contributed by atoms with Gasteiger partial charge in [0.15, 0.2) is 24.4 Å². The van der Waals surface area contributed by atoms with E-state index in [4.69, 9.17) is 23.7 Å². The highest BCUT2D eigenvalue weighted by atomic mass is 16.6. The van der Waals surface area contributed by atoms with Gasteiger partial charge in [-0.3, -0.25) is 43.1 Å². The average molecular weight is 556 g/mol. The number of hydrazone groups is 1. The Morgan fingerprint density at radius 1 is 0.872 bits per heavy atom. The van der Waals surface area contributed by atoms with Crippen LogP contribution in [-0.4, -0.2) is 82.5 Å². The predicted molar refractivity (Wildman–Crippen MR) is 127 cm³/mol. The molecule has 1 rings (SSSR count). The lowest BCUT2D eigenvalue weighted by atomic mass is 10.0. The molecule has 1 amide bonds. The van der Waals surface area contributed by atoms with Crippen molar-refractivity contribution in [2.75, 3.05) is 6.61 Å². The average Bonchev–Trinajstić information content (AvgIpc) is 2.79. The molecule has 0 spiro atoms. The third-order valence-corrected chi connectivity index (χ3v) is 4.31. The fourth-order valence-electron chi connectivity index (χ4n) is 2.98. The van der Waals surface area contributed by atoms with Crippen LogP contribution >= 0.6 is 0 Å². The third kappa shape index (κ3) is 12.3. The molecule has 0 fully saturated rings. The number of nitrogens with one attached hydrogen (secondary N) is 2. The summed E-state index contributed by atoms with van der Waals surface area (Å²) >= 11 is 0. The summed E-state index contributed by atoms with van der Waals surface area (Å²) < 4.78 is 26.4. The van der Waals surface area contributed by atoms with Crippen molar-refractivity contribution < 1.29 is 52.5 Å². The number of amides is 1. The molecule has 1 heterocycles. The maximum atomic E-state index is 12.2. The number of hydrogen-bond donors (Lipinski definition) is 2. The van der Waals surface area contributed by atoms with Gasteiger partial charge in [-0.05, 0) is 0 Å². The summed E-state index contributed by atoms with van der Waals surface area (Å²) in [5, 5.41) is 3.64. The maximum absolute atomic E-state index is 12.2. The Bertz CT molecular complexity index is 1220. The number of carbonyl (C=O) groups excluding carboxylic acids is 6. The van der Waals surface area contributed by atoms with E-state index in [0.717, 1.165) is 57.7 Å². The molecular formula is C22H28N4O13. The zero-order chi connectivity index (χ0) is 29.7. The first-order chi connectivity index (χ1) is 18.2. The van der Waals surface area contributed by atoms with Crippen LogP contribution in [0.25, 0.3) is 0 Å². The highest BCUT2D eigenvalue weighted by Crippen LogP contribution is 2.19. The normalized spacial score (nSPS) is 13.8. The van der Waals surface area contributed by atoms with Crippen molar-refractivity contribution in [2.24, 2.45) is 5.10 Å². The maximum Gasteiger partial charge on any atom is 0.328 e. The highest BCUT2D eigenvalue weighted by molar-refractivity contribution is 5.78. The van der Waals surface area contributed by atoms with E-state index in [0.29, 0.717) is 0 Å². The zero-order valence-corrected chi connectivity index (χ0v) is 21.7. The van der Waals surface area contributed by atoms with E-state index in [9.17, 15) is 38.4 Å². The van der Waals surface area contributed by atoms with Crippen LogP contribution in [0.15, 0.2) is 27.0 Å². The van der Waals surface area contributed by atoms with Gasteiger partial charge in [0.2, 0.25) is 0 Å². The van der Waals surface area contributed by atoms with Crippen LogP contribution in [0.1, 0.15) is 34.6 Å². The van der Waals surface area contributed by atoms with Gasteiger partial charge >= 0.3 is 35.5 Å². The monoisotopic (exact) mass is 556 g/mol. The van der Waals surface area contributed by atoms with Crippen LogP contribution < -0.4 is 16.7 Å². The van der Waals surface area contributed by atoms with Crippen molar-refractivity contribution in [1.82, 2.24) is 15.0 Å². The molecule has 0 aliphatic carbocycles. The minimum atomic E-state index is -1.72. The molecule has 1 aromatic rings. The van der Waals surface area contributed by atoms with Crippen LogP contribution in [0.3, 0.4) is 0 Å². The second-order valence-electron chi connectivity index (χ2n) is 7.72. The number of ether oxygens (including phenoxy) is 5. The molecule has 4 atom stereocenters. The summed E-state index contributed by atoms with van der Waals surface area (Å²) in [7, 11) is 0. The van der Waals surface area contributed by atoms with E-state index in [1.165, 1.54) is 0 Å². The molecule has 0 aromatic carbocycles. The number of nitrogens with zero attached hydrogens (tertiary/aromatic N) is 2. The third-order valence-electron chi connectivity index (χ3n) is 4.31. The molecule has 1 aromatic heterocycles. The minimum absolute atomic E-state index is 0.564. The van der Waals surface area contributed by atoms with E-state index >= 15 is 0 Å². The van der Waals surface area contributed by atoms with Gasteiger partial charge in [-0.1, -0.05) is 0 Å². The van der Waals surface area contributed by atoms with Crippen molar-refractivity contribution in [3.05, 3.63) is 33.1 Å². The summed E-state index contributed by atoms with van der Waals surface area (Å²) in [5.74, 6) is -5.31. The van der Waals surface area contributed by atoms with Crippen LogP contribution in [0.5, 0.6) is 0 Å². The molecule has 0 aliphatic rings. The molecule has 0 saturated carbocycles. The van der Waals surface area contributed by atoms with Crippen molar-refractivity contribution in [3.63, 3.8) is 0 Å². The fraction of sp³-hybridized carbons (Fsp3) is 0.500. The predicted octanol–water partition coefficient (Wildman–Crippen LogP) is -2.07. The number of rotatable bonds is 13. The van der Waals surface area contributed by atoms with Crippen molar-refractivity contribution in [3.8, 4) is 0 Å². The first-order valence-electron chi connectivity index (χ1n) is 11.1. The molecule has 2 N–H and O–H groups in total. The second kappa shape index (κ2) is 15.4. The minimum Gasteiger partial charge on any atom is -0.462 e. The Morgan fingerprint density at radius 3 is 1.95 bits per heavy atom. The smallest absolute Gasteiger partial charge is 0.328 e. The fourth-order valence-corrected chi connectivity index (χ4v) is 2.98. The first-order valence-corrected chi connectivity index (χ1v) is 11.1. The van der Waals surface area contributed by atoms with Gasteiger partial charge in [-0.15, -0.1) is 0 Å². The van der Waals surface area contributed by atoms with Gasteiger partial charge in [-0.25, -0.2) is 10.2 Å². The van der Waals surface area contributed by atoms with Crippen molar-refractivity contribution in [2.45, 2.75) is 65.6 Å². The lowest BCUT2D eigenvalue weighted by Crippen LogP contribution is -2.53. The summed E-state index contributed by atoms with van der Waals surface area (Å²) in [6.45, 7) is 3.84. The second-order valence-corrected chi connectivity index (χ2v) is 7.72. The molecule has 0 radical (unpaired) electrons. The van der Waals surface area contributed by atoms with Gasteiger partial charge in [0.05, 0.1) is 6.21 Å². The van der Waals surface area contributed by atoms with Gasteiger partial charge in [0.25, 0.3) is 11.5 Å². The molecule has 17 heteroatoms. The van der Waals surface area contributed by atoms with E-state index in [1.54, 1.807) is 0 Å². The van der Waals surface area contributed by atoms with Gasteiger partial charge in [-0.2, -0.15) is 5.10 Å². The highest BCUT2D eigenvalue weighted by Gasteiger charge is 2.43. The summed E-state index contributed by atoms with van der Waals surface area (Å²) in [6.07, 6.45) is -4.71. The number of aromatic nitrogens is 2. The van der Waals surface area contributed by atoms with Crippen LogP contribution in [0, 0.1) is 0 Å². The van der Waals surface area contributed by atoms with Crippen LogP contribution in [0.2, 0.25) is 0 Å². The molecule has 39 heavy (non-hydrogen) atoms. The lowest BCUT2D eigenvalue weighted by molar-refractivity contribution is -0.197.